The molecule has 0 aliphatic rings. The van der Waals surface area contributed by atoms with E-state index in [1.165, 1.54) is 19.4 Å². The van der Waals surface area contributed by atoms with Crippen molar-refractivity contribution in [1.82, 2.24) is 0 Å². The Bertz CT molecular complexity index is 382. The van der Waals surface area contributed by atoms with Crippen LogP contribution < -0.4 is 0 Å². The van der Waals surface area contributed by atoms with Gasteiger partial charge >= 0.3 is 95.2 Å². The molecule has 1 aromatic carbocycles. The summed E-state index contributed by atoms with van der Waals surface area (Å²) in [5, 5.41) is 0. The van der Waals surface area contributed by atoms with Crippen LogP contribution in [0.3, 0.4) is 0 Å². The minimum absolute atomic E-state index is 0.808. The van der Waals surface area contributed by atoms with Crippen molar-refractivity contribution in [2.24, 2.45) is 0 Å². The number of hydrogen-bond donors (Lipinski definition) is 0. The van der Waals surface area contributed by atoms with E-state index in [0.29, 0.717) is 0 Å². The van der Waals surface area contributed by atoms with Gasteiger partial charge < -0.3 is 0 Å². The SMILES string of the molecule is CO[C](=[W])C#C/C=C/c1ccccc1. The maximum atomic E-state index is 4.95. The normalized spacial score (nSPS) is 9.50. The van der Waals surface area contributed by atoms with E-state index in [0.717, 1.165) is 9.65 Å². The van der Waals surface area contributed by atoms with Crippen LogP contribution in [0.15, 0.2) is 36.4 Å². The third-order valence-electron chi connectivity index (χ3n) is 1.52. The molecule has 1 rings (SSSR count). The number of ether oxygens (including phenoxy) is 1. The van der Waals surface area contributed by atoms with Crippen LogP contribution in [-0.2, 0) is 24.1 Å². The average molecular weight is 354 g/mol. The molecule has 0 aliphatic carbocycles. The van der Waals surface area contributed by atoms with Gasteiger partial charge in [0.25, 0.3) is 0 Å². The standard InChI is InChI=1S/C12H10O.W/c1-13-11-7-3-6-10-12-8-4-2-5-9-12;/h2,4-6,8-10H,1H3;/b10-6+;. The second kappa shape index (κ2) is 6.49. The van der Waals surface area contributed by atoms with Crippen LogP contribution in [0.5, 0.6) is 0 Å². The zero-order valence-corrected chi connectivity index (χ0v) is 10.8. The van der Waals surface area contributed by atoms with Crippen LogP contribution in [0.1, 0.15) is 5.56 Å². The first kappa shape index (κ1) is 11.1. The quantitative estimate of drug-likeness (QED) is 0.739. The zero-order chi connectivity index (χ0) is 10.2. The van der Waals surface area contributed by atoms with E-state index in [1.807, 2.05) is 42.5 Å². The summed E-state index contributed by atoms with van der Waals surface area (Å²) in [5.41, 5.74) is 1.16. The summed E-state index contributed by atoms with van der Waals surface area (Å²) in [5.74, 6) is 5.81. The fourth-order valence-electron chi connectivity index (χ4n) is 0.854. The van der Waals surface area contributed by atoms with Gasteiger partial charge in [0.15, 0.2) is 0 Å². The van der Waals surface area contributed by atoms with Gasteiger partial charge in [0.1, 0.15) is 0 Å². The molecule has 0 amide bonds. The van der Waals surface area contributed by atoms with Crippen molar-refractivity contribution in [3.8, 4) is 11.8 Å². The van der Waals surface area contributed by atoms with Gasteiger partial charge in [0.2, 0.25) is 0 Å². The summed E-state index contributed by atoms with van der Waals surface area (Å²) in [4.78, 5) is 0. The Hall–Kier alpha value is -0.962. The van der Waals surface area contributed by atoms with Crippen molar-refractivity contribution >= 4 is 10.2 Å². The molecule has 1 nitrogen and oxygen atoms in total. The fraction of sp³-hybridized carbons (Fsp3) is 0.0833. The third-order valence-corrected chi connectivity index (χ3v) is 2.48. The number of methoxy groups -OCH3 is 1. The van der Waals surface area contributed by atoms with E-state index in [9.17, 15) is 0 Å². The van der Waals surface area contributed by atoms with Gasteiger partial charge in [-0.3, -0.25) is 0 Å². The second-order valence-electron chi connectivity index (χ2n) is 2.50. The van der Waals surface area contributed by atoms with E-state index in [2.05, 4.69) is 11.8 Å². The Balaban J connectivity index is 2.56. The van der Waals surface area contributed by atoms with Crippen molar-refractivity contribution in [3.05, 3.63) is 42.0 Å². The molecule has 0 fully saturated rings. The van der Waals surface area contributed by atoms with E-state index in [1.54, 1.807) is 7.11 Å². The van der Waals surface area contributed by atoms with Gasteiger partial charge in [-0.1, -0.05) is 0 Å². The van der Waals surface area contributed by atoms with Crippen LogP contribution in [0.4, 0.5) is 0 Å². The van der Waals surface area contributed by atoms with Gasteiger partial charge in [-0.05, 0) is 0 Å². The molecule has 14 heavy (non-hydrogen) atoms. The molecule has 0 aromatic heterocycles. The van der Waals surface area contributed by atoms with Crippen LogP contribution >= 0.6 is 0 Å². The predicted molar refractivity (Wildman–Crippen MR) is 55.3 cm³/mol. The fourth-order valence-corrected chi connectivity index (χ4v) is 1.07. The molecule has 1 aromatic rings. The van der Waals surface area contributed by atoms with Gasteiger partial charge in [0.05, 0.1) is 0 Å². The van der Waals surface area contributed by atoms with Crippen molar-refractivity contribution in [3.63, 3.8) is 0 Å². The Morgan fingerprint density at radius 1 is 1.36 bits per heavy atom. The topological polar surface area (TPSA) is 9.23 Å². The zero-order valence-electron chi connectivity index (χ0n) is 7.86. The Kier molecular flexibility index (Phi) is 5.15. The molecule has 0 N–H and O–H groups in total. The molecular weight excluding hydrogens is 344 g/mol. The molecule has 0 saturated heterocycles. The number of allylic oxidation sites excluding steroid dienone is 1. The monoisotopic (exact) mass is 354 g/mol. The third kappa shape index (κ3) is 4.32. The van der Waals surface area contributed by atoms with E-state index >= 15 is 0 Å². The molecular formula is C12H10OW. The van der Waals surface area contributed by atoms with Crippen LogP contribution in [0.2, 0.25) is 0 Å². The Morgan fingerprint density at radius 2 is 2.07 bits per heavy atom. The van der Waals surface area contributed by atoms with Crippen LogP contribution in [0, 0.1) is 11.8 Å². The molecule has 0 radical (unpaired) electrons. The summed E-state index contributed by atoms with van der Waals surface area (Å²) in [6.45, 7) is 0. The van der Waals surface area contributed by atoms with E-state index in [-0.39, 0.29) is 0 Å². The number of benzene rings is 1. The molecule has 0 bridgehead atoms. The van der Waals surface area contributed by atoms with Crippen molar-refractivity contribution in [2.75, 3.05) is 7.11 Å². The molecule has 0 saturated carbocycles. The van der Waals surface area contributed by atoms with E-state index in [4.69, 9.17) is 4.74 Å². The molecule has 0 unspecified atom stereocenters. The van der Waals surface area contributed by atoms with Crippen molar-refractivity contribution in [2.45, 2.75) is 0 Å². The molecule has 0 heterocycles. The van der Waals surface area contributed by atoms with Crippen molar-refractivity contribution < 1.29 is 24.1 Å². The van der Waals surface area contributed by atoms with E-state index < -0.39 is 0 Å². The number of hydrogen-bond acceptors (Lipinski definition) is 1. The Morgan fingerprint density at radius 3 is 2.71 bits per heavy atom. The molecule has 70 valence electrons. The van der Waals surface area contributed by atoms with Gasteiger partial charge in [-0.2, -0.15) is 0 Å². The average Bonchev–Trinajstić information content (AvgIpc) is 2.25. The second-order valence-corrected chi connectivity index (χ2v) is 3.84. The summed E-state index contributed by atoms with van der Waals surface area (Å²) in [7, 11) is 1.64. The van der Waals surface area contributed by atoms with Gasteiger partial charge in [-0.15, -0.1) is 0 Å². The molecule has 0 spiro atoms. The van der Waals surface area contributed by atoms with Gasteiger partial charge in [0, 0.05) is 0 Å². The van der Waals surface area contributed by atoms with Crippen LogP contribution in [0.25, 0.3) is 6.08 Å². The molecule has 2 heteroatoms. The summed E-state index contributed by atoms with van der Waals surface area (Å²) in [6.07, 6.45) is 3.81. The molecule has 0 atom stereocenters. The first-order valence-electron chi connectivity index (χ1n) is 4.14. The maximum absolute atomic E-state index is 4.95. The first-order chi connectivity index (χ1) is 6.83. The van der Waals surface area contributed by atoms with Crippen molar-refractivity contribution in [1.29, 1.82) is 0 Å². The van der Waals surface area contributed by atoms with Crippen LogP contribution in [-0.4, -0.2) is 11.2 Å². The predicted octanol–water partition coefficient (Wildman–Crippen LogP) is 2.03. The Labute approximate surface area is 95.2 Å². The summed E-state index contributed by atoms with van der Waals surface area (Å²) < 4.78 is 5.76. The first-order valence-corrected chi connectivity index (χ1v) is 5.60. The summed E-state index contributed by atoms with van der Waals surface area (Å²) in [6, 6.07) is 10.1. The van der Waals surface area contributed by atoms with Gasteiger partial charge in [-0.25, -0.2) is 0 Å². The summed E-state index contributed by atoms with van der Waals surface area (Å²) >= 11 is 1.25. The minimum atomic E-state index is 0.808. The number of rotatable bonds is 2. The molecule has 0 aliphatic heterocycles.